The number of carbonyl (C=O) groups excluding carboxylic acids is 2. The molecule has 156 valence electrons. The molecule has 1 atom stereocenters. The number of urea groups is 1. The number of nitrogens with zero attached hydrogens (tertiary/aromatic N) is 4. The third-order valence-corrected chi connectivity index (χ3v) is 4.75. The molecular formula is C20H27N5O4. The number of rotatable bonds is 5. The SMILES string of the molecule is CCOc1ccc(NC(=O)N2CCCN(C(=O)CC)C(c3nc(C)no3)C2)cc1. The lowest BCUT2D eigenvalue weighted by Gasteiger charge is -2.29. The highest BCUT2D eigenvalue weighted by Gasteiger charge is 2.34. The van der Waals surface area contributed by atoms with Crippen molar-refractivity contribution in [3.63, 3.8) is 0 Å². The summed E-state index contributed by atoms with van der Waals surface area (Å²) in [5.41, 5.74) is 0.675. The van der Waals surface area contributed by atoms with Gasteiger partial charge in [-0.1, -0.05) is 12.1 Å². The minimum absolute atomic E-state index is 0.000348. The summed E-state index contributed by atoms with van der Waals surface area (Å²) in [6, 6.07) is 6.53. The van der Waals surface area contributed by atoms with Gasteiger partial charge in [-0.05, 0) is 44.5 Å². The molecule has 1 fully saturated rings. The number of carbonyl (C=O) groups is 2. The molecule has 0 bridgehead atoms. The van der Waals surface area contributed by atoms with Crippen molar-refractivity contribution in [3.8, 4) is 5.75 Å². The summed E-state index contributed by atoms with van der Waals surface area (Å²) in [7, 11) is 0. The molecule has 0 spiro atoms. The molecule has 0 saturated carbocycles. The average molecular weight is 401 g/mol. The van der Waals surface area contributed by atoms with Crippen molar-refractivity contribution < 1.29 is 18.8 Å². The zero-order valence-corrected chi connectivity index (χ0v) is 17.1. The fourth-order valence-electron chi connectivity index (χ4n) is 3.34. The lowest BCUT2D eigenvalue weighted by molar-refractivity contribution is -0.133. The van der Waals surface area contributed by atoms with Gasteiger partial charge in [0.15, 0.2) is 5.82 Å². The van der Waals surface area contributed by atoms with Crippen LogP contribution in [-0.4, -0.2) is 58.1 Å². The van der Waals surface area contributed by atoms with E-state index in [-0.39, 0.29) is 18.5 Å². The summed E-state index contributed by atoms with van der Waals surface area (Å²) < 4.78 is 10.8. The van der Waals surface area contributed by atoms with E-state index in [1.165, 1.54) is 0 Å². The second-order valence-corrected chi connectivity index (χ2v) is 6.82. The summed E-state index contributed by atoms with van der Waals surface area (Å²) in [5, 5.41) is 6.75. The Morgan fingerprint density at radius 1 is 1.24 bits per heavy atom. The van der Waals surface area contributed by atoms with Gasteiger partial charge in [0.2, 0.25) is 5.91 Å². The number of hydrogen-bond donors (Lipinski definition) is 1. The van der Waals surface area contributed by atoms with Crippen LogP contribution in [0.3, 0.4) is 0 Å². The summed E-state index contributed by atoms with van der Waals surface area (Å²) in [6.07, 6.45) is 1.05. The Morgan fingerprint density at radius 2 is 2.00 bits per heavy atom. The molecule has 1 aromatic carbocycles. The number of ether oxygens (including phenoxy) is 1. The molecule has 1 aromatic heterocycles. The first-order valence-corrected chi connectivity index (χ1v) is 9.90. The quantitative estimate of drug-likeness (QED) is 0.827. The molecule has 1 aliphatic rings. The molecular weight excluding hydrogens is 374 g/mol. The Morgan fingerprint density at radius 3 is 2.62 bits per heavy atom. The van der Waals surface area contributed by atoms with Crippen molar-refractivity contribution in [2.24, 2.45) is 0 Å². The number of aromatic nitrogens is 2. The van der Waals surface area contributed by atoms with E-state index in [1.807, 2.05) is 26.0 Å². The van der Waals surface area contributed by atoms with Gasteiger partial charge in [0, 0.05) is 25.2 Å². The van der Waals surface area contributed by atoms with Gasteiger partial charge in [-0.15, -0.1) is 0 Å². The Hall–Kier alpha value is -3.10. The number of hydrogen-bond acceptors (Lipinski definition) is 6. The molecule has 1 unspecified atom stereocenters. The highest BCUT2D eigenvalue weighted by Crippen LogP contribution is 2.25. The fourth-order valence-corrected chi connectivity index (χ4v) is 3.34. The Labute approximate surface area is 170 Å². The summed E-state index contributed by atoms with van der Waals surface area (Å²) >= 11 is 0. The molecule has 1 aliphatic heterocycles. The minimum atomic E-state index is -0.461. The van der Waals surface area contributed by atoms with Crippen molar-refractivity contribution in [2.45, 2.75) is 39.7 Å². The third kappa shape index (κ3) is 5.04. The van der Waals surface area contributed by atoms with Crippen molar-refractivity contribution in [3.05, 3.63) is 36.0 Å². The minimum Gasteiger partial charge on any atom is -0.494 e. The van der Waals surface area contributed by atoms with Gasteiger partial charge in [0.25, 0.3) is 5.89 Å². The largest absolute Gasteiger partial charge is 0.494 e. The summed E-state index contributed by atoms with van der Waals surface area (Å²) in [5.74, 6) is 1.60. The molecule has 2 heterocycles. The van der Waals surface area contributed by atoms with Crippen LogP contribution in [0.1, 0.15) is 44.4 Å². The van der Waals surface area contributed by atoms with Crippen LogP contribution >= 0.6 is 0 Å². The van der Waals surface area contributed by atoms with E-state index in [0.717, 1.165) is 5.75 Å². The zero-order valence-electron chi connectivity index (χ0n) is 17.1. The lowest BCUT2D eigenvalue weighted by atomic mass is 10.2. The molecule has 2 aromatic rings. The molecule has 3 rings (SSSR count). The first kappa shape index (κ1) is 20.6. The smallest absolute Gasteiger partial charge is 0.321 e. The predicted octanol–water partition coefficient (Wildman–Crippen LogP) is 2.99. The maximum atomic E-state index is 12.9. The first-order chi connectivity index (χ1) is 14.0. The van der Waals surface area contributed by atoms with E-state index in [1.54, 1.807) is 28.9 Å². The number of benzene rings is 1. The van der Waals surface area contributed by atoms with Crippen LogP contribution in [-0.2, 0) is 4.79 Å². The van der Waals surface area contributed by atoms with Crippen LogP contribution in [0.5, 0.6) is 5.75 Å². The summed E-state index contributed by atoms with van der Waals surface area (Å²) in [4.78, 5) is 33.1. The normalized spacial score (nSPS) is 17.0. The predicted molar refractivity (Wildman–Crippen MR) is 107 cm³/mol. The van der Waals surface area contributed by atoms with Crippen LogP contribution in [0.2, 0.25) is 0 Å². The maximum absolute atomic E-state index is 12.9. The molecule has 9 nitrogen and oxygen atoms in total. The van der Waals surface area contributed by atoms with E-state index in [9.17, 15) is 9.59 Å². The van der Waals surface area contributed by atoms with Crippen molar-refractivity contribution in [2.75, 3.05) is 31.6 Å². The molecule has 29 heavy (non-hydrogen) atoms. The van der Waals surface area contributed by atoms with Crippen LogP contribution < -0.4 is 10.1 Å². The second-order valence-electron chi connectivity index (χ2n) is 6.82. The van der Waals surface area contributed by atoms with Crippen molar-refractivity contribution in [1.29, 1.82) is 0 Å². The van der Waals surface area contributed by atoms with E-state index in [2.05, 4.69) is 15.5 Å². The number of nitrogens with one attached hydrogen (secondary N) is 1. The molecule has 1 N–H and O–H groups in total. The highest BCUT2D eigenvalue weighted by atomic mass is 16.5. The average Bonchev–Trinajstić information content (AvgIpc) is 3.02. The van der Waals surface area contributed by atoms with Crippen molar-refractivity contribution >= 4 is 17.6 Å². The first-order valence-electron chi connectivity index (χ1n) is 9.90. The van der Waals surface area contributed by atoms with Gasteiger partial charge in [0.1, 0.15) is 11.8 Å². The monoisotopic (exact) mass is 401 g/mol. The standard InChI is InChI=1S/C20H27N5O4/c1-4-18(26)25-12-6-11-24(13-17(25)19-21-14(3)23-29-19)20(27)22-15-7-9-16(10-8-15)28-5-2/h7-10,17H,4-6,11-13H2,1-3H3,(H,22,27). The van der Waals surface area contributed by atoms with Gasteiger partial charge in [-0.25, -0.2) is 4.79 Å². The maximum Gasteiger partial charge on any atom is 0.321 e. The number of amides is 3. The fraction of sp³-hybridized carbons (Fsp3) is 0.500. The molecule has 9 heteroatoms. The highest BCUT2D eigenvalue weighted by molar-refractivity contribution is 5.89. The zero-order chi connectivity index (χ0) is 20.8. The molecule has 0 radical (unpaired) electrons. The van der Waals surface area contributed by atoms with E-state index < -0.39 is 6.04 Å². The van der Waals surface area contributed by atoms with Crippen molar-refractivity contribution in [1.82, 2.24) is 19.9 Å². The van der Waals surface area contributed by atoms with Gasteiger partial charge < -0.3 is 24.4 Å². The number of aryl methyl sites for hydroxylation is 1. The van der Waals surface area contributed by atoms with Crippen LogP contribution in [0.25, 0.3) is 0 Å². The third-order valence-electron chi connectivity index (χ3n) is 4.75. The van der Waals surface area contributed by atoms with E-state index in [0.29, 0.717) is 49.9 Å². The lowest BCUT2D eigenvalue weighted by Crippen LogP contribution is -2.41. The van der Waals surface area contributed by atoms with Gasteiger partial charge in [0.05, 0.1) is 13.2 Å². The Balaban J connectivity index is 1.74. The van der Waals surface area contributed by atoms with Crippen LogP contribution in [0, 0.1) is 6.92 Å². The van der Waals surface area contributed by atoms with Gasteiger partial charge >= 0.3 is 6.03 Å². The second kappa shape index (κ2) is 9.40. The molecule has 1 saturated heterocycles. The summed E-state index contributed by atoms with van der Waals surface area (Å²) in [6.45, 7) is 7.40. The molecule has 3 amide bonds. The topological polar surface area (TPSA) is 101 Å². The Kier molecular flexibility index (Phi) is 6.69. The number of anilines is 1. The van der Waals surface area contributed by atoms with Crippen LogP contribution in [0.15, 0.2) is 28.8 Å². The van der Waals surface area contributed by atoms with E-state index in [4.69, 9.17) is 9.26 Å². The molecule has 0 aliphatic carbocycles. The van der Waals surface area contributed by atoms with Gasteiger partial charge in [-0.2, -0.15) is 4.98 Å². The van der Waals surface area contributed by atoms with E-state index >= 15 is 0 Å². The van der Waals surface area contributed by atoms with Gasteiger partial charge in [-0.3, -0.25) is 4.79 Å². The Bertz CT molecular complexity index is 836. The van der Waals surface area contributed by atoms with Crippen LogP contribution in [0.4, 0.5) is 10.5 Å².